The van der Waals surface area contributed by atoms with Gasteiger partial charge in [0.15, 0.2) is 0 Å². The molecule has 3 heteroatoms. The van der Waals surface area contributed by atoms with E-state index in [4.69, 9.17) is 8.83 Å². The molecule has 47 heavy (non-hydrogen) atoms. The molecule has 0 N–H and O–H groups in total. The highest BCUT2D eigenvalue weighted by Crippen LogP contribution is 2.41. The van der Waals surface area contributed by atoms with Crippen LogP contribution in [0.4, 0.5) is 5.69 Å². The predicted octanol–water partition coefficient (Wildman–Crippen LogP) is 12.0. The summed E-state index contributed by atoms with van der Waals surface area (Å²) in [6, 6.07) is 54.4. The first-order valence-electron chi connectivity index (χ1n) is 16.1. The first-order chi connectivity index (χ1) is 23.2. The van der Waals surface area contributed by atoms with Crippen LogP contribution < -0.4 is 4.90 Å². The van der Waals surface area contributed by atoms with Crippen LogP contribution in [0.15, 0.2) is 160 Å². The molecule has 0 radical (unpaired) electrons. The number of furan rings is 2. The van der Waals surface area contributed by atoms with Crippen LogP contribution in [-0.4, -0.2) is 0 Å². The summed E-state index contributed by atoms with van der Waals surface area (Å²) in [6.07, 6.45) is 0. The van der Waals surface area contributed by atoms with E-state index in [0.29, 0.717) is 0 Å². The van der Waals surface area contributed by atoms with Gasteiger partial charge in [-0.05, 0) is 105 Å². The van der Waals surface area contributed by atoms with E-state index in [-0.39, 0.29) is 0 Å². The Morgan fingerprint density at radius 3 is 1.32 bits per heavy atom. The van der Waals surface area contributed by atoms with Crippen LogP contribution in [0.2, 0.25) is 0 Å². The molecule has 0 unspecified atom stereocenters. The summed E-state index contributed by atoms with van der Waals surface area (Å²) < 4.78 is 12.3. The van der Waals surface area contributed by atoms with Crippen molar-refractivity contribution in [3.8, 4) is 33.4 Å². The molecule has 0 spiro atoms. The molecule has 3 nitrogen and oxygen atoms in total. The second-order valence-electron chi connectivity index (χ2n) is 12.6. The molecule has 3 heterocycles. The van der Waals surface area contributed by atoms with E-state index in [1.165, 1.54) is 50.2 Å². The number of para-hydroxylation sites is 3. The molecule has 1 aliphatic rings. The minimum absolute atomic E-state index is 0.835. The van der Waals surface area contributed by atoms with Gasteiger partial charge in [0.2, 0.25) is 0 Å². The lowest BCUT2D eigenvalue weighted by molar-refractivity contribution is 0.668. The van der Waals surface area contributed by atoms with Crippen LogP contribution in [0.3, 0.4) is 0 Å². The van der Waals surface area contributed by atoms with E-state index < -0.39 is 0 Å². The molecule has 9 aromatic rings. The summed E-state index contributed by atoms with van der Waals surface area (Å²) in [6.45, 7) is 1.67. The Morgan fingerprint density at radius 2 is 0.787 bits per heavy atom. The normalized spacial score (nSPS) is 12.9. The topological polar surface area (TPSA) is 29.5 Å². The number of benzene rings is 7. The maximum Gasteiger partial charge on any atom is 0.135 e. The van der Waals surface area contributed by atoms with Gasteiger partial charge in [-0.25, -0.2) is 0 Å². The van der Waals surface area contributed by atoms with Gasteiger partial charge in [-0.2, -0.15) is 0 Å². The van der Waals surface area contributed by atoms with Crippen molar-refractivity contribution in [3.05, 3.63) is 163 Å². The fourth-order valence-electron chi connectivity index (χ4n) is 7.39. The van der Waals surface area contributed by atoms with Gasteiger partial charge in [0, 0.05) is 40.3 Å². The van der Waals surface area contributed by atoms with Crippen LogP contribution in [-0.2, 0) is 13.1 Å². The van der Waals surface area contributed by atoms with Crippen molar-refractivity contribution in [2.75, 3.05) is 4.90 Å². The van der Waals surface area contributed by atoms with Crippen molar-refractivity contribution in [3.63, 3.8) is 0 Å². The first kappa shape index (κ1) is 26.2. The molecular weight excluding hydrogens is 574 g/mol. The average Bonchev–Trinajstić information content (AvgIpc) is 3.64. The number of hydrogen-bond acceptors (Lipinski definition) is 3. The Kier molecular flexibility index (Phi) is 5.70. The highest BCUT2D eigenvalue weighted by Gasteiger charge is 2.22. The van der Waals surface area contributed by atoms with Crippen molar-refractivity contribution in [1.82, 2.24) is 0 Å². The highest BCUT2D eigenvalue weighted by molar-refractivity contribution is 6.07. The molecule has 0 saturated carbocycles. The Hall–Kier alpha value is -6.06. The molecule has 0 bridgehead atoms. The summed E-state index contributed by atoms with van der Waals surface area (Å²) >= 11 is 0. The van der Waals surface area contributed by atoms with Crippen molar-refractivity contribution in [2.24, 2.45) is 0 Å². The molecule has 0 saturated heterocycles. The van der Waals surface area contributed by atoms with Gasteiger partial charge in [0.25, 0.3) is 0 Å². The number of fused-ring (bicyclic) bond motifs is 9. The lowest BCUT2D eigenvalue weighted by Gasteiger charge is -2.24. The molecule has 0 fully saturated rings. The predicted molar refractivity (Wildman–Crippen MR) is 194 cm³/mol. The zero-order valence-electron chi connectivity index (χ0n) is 25.6. The zero-order valence-corrected chi connectivity index (χ0v) is 25.6. The van der Waals surface area contributed by atoms with Crippen molar-refractivity contribution < 1.29 is 8.83 Å². The summed E-state index contributed by atoms with van der Waals surface area (Å²) in [4.78, 5) is 2.48. The molecule has 10 rings (SSSR count). The Balaban J connectivity index is 1.14. The molecule has 222 valence electrons. The van der Waals surface area contributed by atoms with Crippen molar-refractivity contribution >= 4 is 49.6 Å². The second-order valence-corrected chi connectivity index (χ2v) is 12.6. The fraction of sp³-hybridized carbons (Fsp3) is 0.0455. The number of nitrogens with zero attached hydrogens (tertiary/aromatic N) is 1. The van der Waals surface area contributed by atoms with E-state index in [1.54, 1.807) is 0 Å². The van der Waals surface area contributed by atoms with Crippen molar-refractivity contribution in [1.29, 1.82) is 0 Å². The molecule has 0 atom stereocenters. The minimum Gasteiger partial charge on any atom is -0.456 e. The summed E-state index contributed by atoms with van der Waals surface area (Å²) in [7, 11) is 0. The lowest BCUT2D eigenvalue weighted by Crippen LogP contribution is -2.20. The van der Waals surface area contributed by atoms with Gasteiger partial charge in [-0.3, -0.25) is 0 Å². The van der Waals surface area contributed by atoms with E-state index in [9.17, 15) is 0 Å². The van der Waals surface area contributed by atoms with Gasteiger partial charge in [0.1, 0.15) is 22.3 Å². The number of hydrogen-bond donors (Lipinski definition) is 0. The van der Waals surface area contributed by atoms with Crippen LogP contribution in [0, 0.1) is 0 Å². The van der Waals surface area contributed by atoms with E-state index >= 15 is 0 Å². The molecule has 2 aromatic heterocycles. The van der Waals surface area contributed by atoms with Crippen LogP contribution in [0.25, 0.3) is 77.3 Å². The molecule has 0 amide bonds. The fourth-order valence-corrected chi connectivity index (χ4v) is 7.39. The summed E-state index contributed by atoms with van der Waals surface area (Å²) in [5.41, 5.74) is 14.9. The quantitative estimate of drug-likeness (QED) is 0.201. The lowest BCUT2D eigenvalue weighted by atomic mass is 9.90. The van der Waals surface area contributed by atoms with Gasteiger partial charge in [0.05, 0.1) is 0 Å². The molecular formula is C44H29NO2. The number of rotatable bonds is 3. The Morgan fingerprint density at radius 1 is 0.362 bits per heavy atom. The third kappa shape index (κ3) is 4.28. The van der Waals surface area contributed by atoms with Gasteiger partial charge >= 0.3 is 0 Å². The summed E-state index contributed by atoms with van der Waals surface area (Å²) in [5.74, 6) is 0. The Labute approximate surface area is 271 Å². The third-order valence-corrected chi connectivity index (χ3v) is 9.77. The largest absolute Gasteiger partial charge is 0.456 e. The van der Waals surface area contributed by atoms with Gasteiger partial charge in [-0.1, -0.05) is 91.0 Å². The van der Waals surface area contributed by atoms with Crippen LogP contribution >= 0.6 is 0 Å². The maximum absolute atomic E-state index is 6.14. The zero-order chi connectivity index (χ0) is 30.9. The summed E-state index contributed by atoms with van der Waals surface area (Å²) in [5, 5.41) is 4.59. The van der Waals surface area contributed by atoms with E-state index in [0.717, 1.165) is 57.0 Å². The van der Waals surface area contributed by atoms with Crippen LogP contribution in [0.1, 0.15) is 11.1 Å². The number of anilines is 1. The molecule has 1 aliphatic heterocycles. The SMILES string of the molecule is c1ccc(N2Cc3ccc(-c4ccc5oc6ccccc6c5c4)cc3-c3cc(-c4ccc5oc6ccccc6c5c4)ccc3C2)cc1. The molecule has 0 aliphatic carbocycles. The Bertz CT molecular complexity index is 2480. The van der Waals surface area contributed by atoms with E-state index in [1.807, 2.05) is 24.3 Å². The maximum atomic E-state index is 6.14. The average molecular weight is 604 g/mol. The highest BCUT2D eigenvalue weighted by atomic mass is 16.3. The third-order valence-electron chi connectivity index (χ3n) is 9.77. The monoisotopic (exact) mass is 603 g/mol. The first-order valence-corrected chi connectivity index (χ1v) is 16.1. The van der Waals surface area contributed by atoms with Gasteiger partial charge < -0.3 is 13.7 Å². The standard InChI is InChI=1S/C44H29NO2/c1-2-8-34(9-3-1)45-26-32-16-14-28(30-18-20-43-39(24-30)35-10-4-6-12-41(35)46-43)22-37(32)38-23-29(15-17-33(38)27-45)31-19-21-44-40(25-31)36-11-5-7-13-42(36)47-44/h1-25H,26-27H2. The molecule has 7 aromatic carbocycles. The second kappa shape index (κ2) is 10.2. The van der Waals surface area contributed by atoms with Crippen LogP contribution in [0.5, 0.6) is 0 Å². The van der Waals surface area contributed by atoms with E-state index in [2.05, 4.69) is 132 Å². The smallest absolute Gasteiger partial charge is 0.135 e. The van der Waals surface area contributed by atoms with Crippen molar-refractivity contribution in [2.45, 2.75) is 13.1 Å². The van der Waals surface area contributed by atoms with Gasteiger partial charge in [-0.15, -0.1) is 0 Å². The minimum atomic E-state index is 0.835.